The van der Waals surface area contributed by atoms with Crippen LogP contribution in [0.25, 0.3) is 0 Å². The van der Waals surface area contributed by atoms with Crippen molar-refractivity contribution >= 4 is 11.9 Å². The van der Waals surface area contributed by atoms with Gasteiger partial charge in [-0.1, -0.05) is 37.3 Å². The molecule has 0 radical (unpaired) electrons. The molecule has 1 aliphatic heterocycles. The molecule has 1 aromatic carbocycles. The van der Waals surface area contributed by atoms with Crippen molar-refractivity contribution in [1.29, 1.82) is 0 Å². The van der Waals surface area contributed by atoms with Crippen LogP contribution in [0, 0.1) is 0 Å². The molecule has 0 bridgehead atoms. The fourth-order valence-corrected chi connectivity index (χ4v) is 2.64. The molecule has 2 unspecified atom stereocenters. The fourth-order valence-electron chi connectivity index (χ4n) is 2.64. The van der Waals surface area contributed by atoms with Gasteiger partial charge >= 0.3 is 6.03 Å². The van der Waals surface area contributed by atoms with E-state index >= 15 is 0 Å². The zero-order valence-corrected chi connectivity index (χ0v) is 14.8. The summed E-state index contributed by atoms with van der Waals surface area (Å²) >= 11 is 0. The van der Waals surface area contributed by atoms with Crippen molar-refractivity contribution in [2.75, 3.05) is 33.2 Å². The molecule has 2 N–H and O–H groups in total. The number of nitrogens with zero attached hydrogens (tertiary/aromatic N) is 2. The molecule has 1 aliphatic rings. The van der Waals surface area contributed by atoms with E-state index in [2.05, 4.69) is 15.5 Å². The van der Waals surface area contributed by atoms with E-state index in [0.717, 1.165) is 25.1 Å². The van der Waals surface area contributed by atoms with Crippen LogP contribution in [0.2, 0.25) is 0 Å². The second kappa shape index (κ2) is 8.68. The molecule has 1 saturated heterocycles. The lowest BCUT2D eigenvalue weighted by Crippen LogP contribution is -2.52. The number of urea groups is 1. The zero-order valence-electron chi connectivity index (χ0n) is 14.8. The third-order valence-corrected chi connectivity index (χ3v) is 4.46. The third-order valence-electron chi connectivity index (χ3n) is 4.46. The van der Waals surface area contributed by atoms with Gasteiger partial charge in [0.05, 0.1) is 0 Å². The molecular formula is C18H28N4O2. The number of likely N-dealkylation sites (N-methyl/N-ethyl adjacent to an activating group) is 1. The molecule has 2 atom stereocenters. The summed E-state index contributed by atoms with van der Waals surface area (Å²) in [4.78, 5) is 29.2. The molecule has 0 saturated carbocycles. The number of nitrogens with one attached hydrogen (secondary N) is 2. The largest absolute Gasteiger partial charge is 0.338 e. The molecule has 6 heteroatoms. The average molecular weight is 332 g/mol. The van der Waals surface area contributed by atoms with E-state index in [9.17, 15) is 9.59 Å². The maximum absolute atomic E-state index is 13.0. The van der Waals surface area contributed by atoms with Gasteiger partial charge in [-0.2, -0.15) is 0 Å². The van der Waals surface area contributed by atoms with Gasteiger partial charge in [-0.25, -0.2) is 4.79 Å². The van der Waals surface area contributed by atoms with Gasteiger partial charge in [-0.05, 0) is 26.0 Å². The minimum Gasteiger partial charge on any atom is -0.338 e. The quantitative estimate of drug-likeness (QED) is 0.861. The summed E-state index contributed by atoms with van der Waals surface area (Å²) in [6, 6.07) is 8.53. The fraction of sp³-hybridized carbons (Fsp3) is 0.556. The summed E-state index contributed by atoms with van der Waals surface area (Å²) in [5, 5.41) is 5.72. The normalized spacial score (nSPS) is 17.9. The first-order valence-corrected chi connectivity index (χ1v) is 8.60. The van der Waals surface area contributed by atoms with E-state index in [-0.39, 0.29) is 18.0 Å². The highest BCUT2D eigenvalue weighted by atomic mass is 16.2. The maximum atomic E-state index is 13.0. The minimum absolute atomic E-state index is 0.0476. The lowest BCUT2D eigenvalue weighted by molar-refractivity contribution is -0.135. The van der Waals surface area contributed by atoms with Gasteiger partial charge in [0.25, 0.3) is 0 Å². The Bertz CT molecular complexity index is 541. The first-order chi connectivity index (χ1) is 11.5. The Morgan fingerprint density at radius 3 is 2.29 bits per heavy atom. The van der Waals surface area contributed by atoms with Gasteiger partial charge in [0, 0.05) is 32.2 Å². The molecule has 24 heavy (non-hydrogen) atoms. The first kappa shape index (κ1) is 18.3. The van der Waals surface area contributed by atoms with Crippen LogP contribution in [-0.2, 0) is 4.79 Å². The van der Waals surface area contributed by atoms with E-state index in [1.807, 2.05) is 56.1 Å². The van der Waals surface area contributed by atoms with Crippen LogP contribution >= 0.6 is 0 Å². The van der Waals surface area contributed by atoms with Crippen molar-refractivity contribution in [2.45, 2.75) is 32.4 Å². The number of rotatable bonds is 5. The van der Waals surface area contributed by atoms with E-state index in [4.69, 9.17) is 0 Å². The lowest BCUT2D eigenvalue weighted by atomic mass is 10.1. The van der Waals surface area contributed by atoms with Crippen molar-refractivity contribution in [2.24, 2.45) is 0 Å². The van der Waals surface area contributed by atoms with Gasteiger partial charge in [-0.15, -0.1) is 0 Å². The van der Waals surface area contributed by atoms with Gasteiger partial charge < -0.3 is 20.4 Å². The van der Waals surface area contributed by atoms with E-state index < -0.39 is 6.04 Å². The molecule has 1 fully saturated rings. The number of hydrogen-bond acceptors (Lipinski definition) is 3. The number of hydrogen-bond donors (Lipinski definition) is 2. The predicted molar refractivity (Wildman–Crippen MR) is 94.7 cm³/mol. The lowest BCUT2D eigenvalue weighted by Gasteiger charge is -2.35. The summed E-state index contributed by atoms with van der Waals surface area (Å²) in [6.07, 6.45) is 0.843. The Labute approximate surface area is 144 Å². The van der Waals surface area contributed by atoms with Crippen molar-refractivity contribution in [3.8, 4) is 0 Å². The van der Waals surface area contributed by atoms with Crippen LogP contribution in [0.5, 0.6) is 0 Å². The van der Waals surface area contributed by atoms with Crippen molar-refractivity contribution in [3.05, 3.63) is 35.9 Å². The molecule has 0 aliphatic carbocycles. The van der Waals surface area contributed by atoms with Crippen LogP contribution in [0.3, 0.4) is 0 Å². The molecule has 6 nitrogen and oxygen atoms in total. The van der Waals surface area contributed by atoms with Crippen molar-refractivity contribution in [3.63, 3.8) is 0 Å². The van der Waals surface area contributed by atoms with Crippen LogP contribution in [0.1, 0.15) is 31.9 Å². The van der Waals surface area contributed by atoms with E-state index in [1.165, 1.54) is 0 Å². The van der Waals surface area contributed by atoms with Crippen LogP contribution in [-0.4, -0.2) is 61.0 Å². The maximum Gasteiger partial charge on any atom is 0.315 e. The number of amides is 3. The van der Waals surface area contributed by atoms with Gasteiger partial charge in [0.2, 0.25) is 5.91 Å². The van der Waals surface area contributed by atoms with Gasteiger partial charge in [0.15, 0.2) is 0 Å². The highest BCUT2D eigenvalue weighted by Gasteiger charge is 2.29. The summed E-state index contributed by atoms with van der Waals surface area (Å²) in [5.74, 6) is -0.0476. The number of piperazine rings is 1. The molecular weight excluding hydrogens is 304 g/mol. The highest BCUT2D eigenvalue weighted by molar-refractivity contribution is 5.88. The molecule has 3 amide bonds. The topological polar surface area (TPSA) is 64.7 Å². The molecule has 132 valence electrons. The third kappa shape index (κ3) is 4.96. The number of benzene rings is 1. The Kier molecular flexibility index (Phi) is 6.61. The van der Waals surface area contributed by atoms with E-state index in [1.54, 1.807) is 0 Å². The second-order valence-corrected chi connectivity index (χ2v) is 6.40. The van der Waals surface area contributed by atoms with Gasteiger partial charge in [0.1, 0.15) is 6.04 Å². The number of carbonyl (C=O) groups is 2. The van der Waals surface area contributed by atoms with Crippen LogP contribution in [0.15, 0.2) is 30.3 Å². The Morgan fingerprint density at radius 1 is 1.08 bits per heavy atom. The Balaban J connectivity index is 2.11. The van der Waals surface area contributed by atoms with Gasteiger partial charge in [-0.3, -0.25) is 4.79 Å². The molecule has 0 spiro atoms. The van der Waals surface area contributed by atoms with Crippen molar-refractivity contribution in [1.82, 2.24) is 20.4 Å². The Hall–Kier alpha value is -2.08. The summed E-state index contributed by atoms with van der Waals surface area (Å²) in [6.45, 7) is 7.04. The summed E-state index contributed by atoms with van der Waals surface area (Å²) < 4.78 is 0. The monoisotopic (exact) mass is 332 g/mol. The molecule has 2 rings (SSSR count). The predicted octanol–water partition coefficient (Wildman–Crippen LogP) is 1.60. The number of carbonyl (C=O) groups excluding carboxylic acids is 2. The van der Waals surface area contributed by atoms with Crippen LogP contribution < -0.4 is 10.6 Å². The summed E-state index contributed by atoms with van der Waals surface area (Å²) in [5.41, 5.74) is 0.806. The zero-order chi connectivity index (χ0) is 17.5. The minimum atomic E-state index is -0.654. The van der Waals surface area contributed by atoms with E-state index in [0.29, 0.717) is 13.1 Å². The smallest absolute Gasteiger partial charge is 0.315 e. The Morgan fingerprint density at radius 2 is 1.71 bits per heavy atom. The SMILES string of the molecule is CCC(C)NC(=O)NC(C(=O)N1CCN(C)CC1)c1ccccc1. The second-order valence-electron chi connectivity index (χ2n) is 6.40. The standard InChI is InChI=1S/C18H28N4O2/c1-4-14(2)19-18(24)20-16(15-8-6-5-7-9-15)17(23)22-12-10-21(3)11-13-22/h5-9,14,16H,4,10-13H2,1-3H3,(H2,19,20,24). The summed E-state index contributed by atoms with van der Waals surface area (Å²) in [7, 11) is 2.05. The molecule has 1 heterocycles. The average Bonchev–Trinajstić information content (AvgIpc) is 2.60. The molecule has 0 aromatic heterocycles. The molecule has 1 aromatic rings. The van der Waals surface area contributed by atoms with Crippen molar-refractivity contribution < 1.29 is 9.59 Å². The highest BCUT2D eigenvalue weighted by Crippen LogP contribution is 2.17. The van der Waals surface area contributed by atoms with Crippen LogP contribution in [0.4, 0.5) is 4.79 Å². The first-order valence-electron chi connectivity index (χ1n) is 8.60.